The third-order valence-electron chi connectivity index (χ3n) is 12.1. The van der Waals surface area contributed by atoms with E-state index >= 15 is 0 Å². The summed E-state index contributed by atoms with van der Waals surface area (Å²) in [6.45, 7) is 0.0806. The van der Waals surface area contributed by atoms with Gasteiger partial charge in [-0.15, -0.1) is 0 Å². The molecule has 0 saturated heterocycles. The molecule has 2 N–H and O–H groups in total. The average Bonchev–Trinajstić information content (AvgIpc) is 3.28. The predicted octanol–water partition coefficient (Wildman–Crippen LogP) is 6.81. The van der Waals surface area contributed by atoms with Crippen LogP contribution in [0.5, 0.6) is 11.5 Å². The Morgan fingerprint density at radius 1 is 0.532 bits per heavy atom. The largest absolute Gasteiger partial charge is 0.467 e. The van der Waals surface area contributed by atoms with Crippen molar-refractivity contribution in [2.45, 2.75) is 76.7 Å². The van der Waals surface area contributed by atoms with E-state index in [-0.39, 0.29) is 49.8 Å². The van der Waals surface area contributed by atoms with Gasteiger partial charge in [0, 0.05) is 12.8 Å². The minimum atomic E-state index is -1.01. The predicted molar refractivity (Wildman–Crippen MR) is 222 cm³/mol. The number of benzene rings is 4. The van der Waals surface area contributed by atoms with Gasteiger partial charge in [-0.05, 0) is 96.9 Å². The summed E-state index contributed by atoms with van der Waals surface area (Å²) in [5.41, 5.74) is 1.29. The van der Waals surface area contributed by atoms with Crippen molar-refractivity contribution in [2.75, 3.05) is 14.2 Å². The lowest BCUT2D eigenvalue weighted by Gasteiger charge is -2.59. The summed E-state index contributed by atoms with van der Waals surface area (Å²) >= 11 is 0. The number of carbonyl (C=O) groups excluding carboxylic acids is 6. The number of carbonyl (C=O) groups is 6. The molecule has 62 heavy (non-hydrogen) atoms. The molecule has 14 heteroatoms. The van der Waals surface area contributed by atoms with Crippen molar-refractivity contribution in [3.05, 3.63) is 131 Å². The number of nitrogens with one attached hydrogen (secondary N) is 2. The van der Waals surface area contributed by atoms with E-state index in [1.807, 2.05) is 60.7 Å². The average molecular weight is 847 g/mol. The first-order valence-corrected chi connectivity index (χ1v) is 20.7. The molecule has 4 aliphatic carbocycles. The first kappa shape index (κ1) is 43.4. The minimum absolute atomic E-state index is 0.0403. The highest BCUT2D eigenvalue weighted by Crippen LogP contribution is 2.66. The van der Waals surface area contributed by atoms with Crippen molar-refractivity contribution < 1.29 is 57.2 Å². The fourth-order valence-corrected chi connectivity index (χ4v) is 9.51. The van der Waals surface area contributed by atoms with E-state index in [0.717, 1.165) is 17.5 Å². The molecular weight excluding hydrogens is 797 g/mol. The highest BCUT2D eigenvalue weighted by atomic mass is 16.6. The highest BCUT2D eigenvalue weighted by Gasteiger charge is 2.64. The number of amides is 2. The van der Waals surface area contributed by atoms with E-state index in [9.17, 15) is 28.8 Å². The first-order valence-electron chi connectivity index (χ1n) is 20.7. The zero-order valence-electron chi connectivity index (χ0n) is 34.7. The number of hydrogen-bond acceptors (Lipinski definition) is 12. The second kappa shape index (κ2) is 19.3. The van der Waals surface area contributed by atoms with Crippen LogP contribution in [0.25, 0.3) is 0 Å². The van der Waals surface area contributed by atoms with Crippen molar-refractivity contribution in [1.29, 1.82) is 0 Å². The van der Waals surface area contributed by atoms with Crippen LogP contribution in [-0.4, -0.2) is 62.4 Å². The Labute approximate surface area is 359 Å². The molecule has 8 rings (SSSR count). The molecule has 0 aromatic heterocycles. The van der Waals surface area contributed by atoms with Crippen LogP contribution in [0.1, 0.15) is 60.8 Å². The number of ether oxygens (including phenoxy) is 6. The molecule has 2 amide bonds. The molecule has 4 bridgehead atoms. The molecule has 0 radical (unpaired) electrons. The maximum atomic E-state index is 14.1. The molecule has 0 unspecified atom stereocenters. The van der Waals surface area contributed by atoms with Gasteiger partial charge in [-0.3, -0.25) is 9.59 Å². The highest BCUT2D eigenvalue weighted by molar-refractivity contribution is 5.85. The summed E-state index contributed by atoms with van der Waals surface area (Å²) in [5, 5.41) is 5.15. The Bertz CT molecular complexity index is 2060. The van der Waals surface area contributed by atoms with Gasteiger partial charge in [0.25, 0.3) is 0 Å². The topological polar surface area (TPSA) is 182 Å². The van der Waals surface area contributed by atoms with Gasteiger partial charge in [-0.2, -0.15) is 0 Å². The number of rotatable bonds is 16. The molecule has 0 heterocycles. The van der Waals surface area contributed by atoms with Crippen molar-refractivity contribution in [2.24, 2.45) is 22.7 Å². The van der Waals surface area contributed by atoms with Gasteiger partial charge >= 0.3 is 36.1 Å². The molecular formula is C48H50N2O12. The fourth-order valence-electron chi connectivity index (χ4n) is 9.51. The fraction of sp³-hybridized carbons (Fsp3) is 0.375. The van der Waals surface area contributed by atoms with E-state index < -0.39 is 47.0 Å². The van der Waals surface area contributed by atoms with Crippen molar-refractivity contribution in [1.82, 2.24) is 10.6 Å². The van der Waals surface area contributed by atoms with Crippen molar-refractivity contribution >= 4 is 36.1 Å². The maximum Gasteiger partial charge on any atom is 0.408 e. The summed E-state index contributed by atoms with van der Waals surface area (Å²) < 4.78 is 32.4. The third-order valence-corrected chi connectivity index (χ3v) is 12.1. The van der Waals surface area contributed by atoms with Crippen LogP contribution in [0, 0.1) is 22.7 Å². The molecule has 4 aliphatic rings. The SMILES string of the molecule is COC(=O)[C@H](Cc1ccc(OC(=O)C23CC4CC(C2)CC(C(=O)Oc2ccc(C[C@H](NC(=O)OCc5ccccc5)C(=O)OC)cc2)(C4)C3)cc1)NC(=O)OCc1ccccc1. The van der Waals surface area contributed by atoms with Crippen molar-refractivity contribution in [3.63, 3.8) is 0 Å². The summed E-state index contributed by atoms with van der Waals surface area (Å²) in [6, 6.07) is 29.7. The minimum Gasteiger partial charge on any atom is -0.467 e. The molecule has 4 aromatic rings. The Balaban J connectivity index is 0.938. The monoisotopic (exact) mass is 846 g/mol. The van der Waals surface area contributed by atoms with Gasteiger partial charge in [0.05, 0.1) is 25.0 Å². The van der Waals surface area contributed by atoms with Crippen molar-refractivity contribution in [3.8, 4) is 11.5 Å². The van der Waals surface area contributed by atoms with Gasteiger partial charge in [0.1, 0.15) is 36.8 Å². The summed E-state index contributed by atoms with van der Waals surface area (Å²) in [7, 11) is 2.48. The van der Waals surface area contributed by atoms with Crippen LogP contribution < -0.4 is 20.1 Å². The Morgan fingerprint density at radius 3 is 1.26 bits per heavy atom. The zero-order chi connectivity index (χ0) is 43.7. The van der Waals surface area contributed by atoms with Gasteiger partial charge in [-0.1, -0.05) is 84.9 Å². The third kappa shape index (κ3) is 10.6. The van der Waals surface area contributed by atoms with E-state index in [4.69, 9.17) is 28.4 Å². The first-order chi connectivity index (χ1) is 29.9. The lowest BCUT2D eigenvalue weighted by Crippen LogP contribution is -2.59. The number of methoxy groups -OCH3 is 2. The molecule has 0 spiro atoms. The second-order valence-electron chi connectivity index (χ2n) is 16.6. The second-order valence-corrected chi connectivity index (χ2v) is 16.6. The molecule has 14 nitrogen and oxygen atoms in total. The van der Waals surface area contributed by atoms with Crippen LogP contribution >= 0.6 is 0 Å². The summed E-state index contributed by atoms with van der Waals surface area (Å²) in [5.74, 6) is -1.05. The van der Waals surface area contributed by atoms with Gasteiger partial charge < -0.3 is 39.1 Å². The Hall–Kier alpha value is -6.70. The van der Waals surface area contributed by atoms with E-state index in [1.165, 1.54) is 14.2 Å². The summed E-state index contributed by atoms with van der Waals surface area (Å²) in [6.07, 6.45) is 2.48. The molecule has 4 fully saturated rings. The molecule has 324 valence electrons. The normalized spacial score (nSPS) is 21.6. The van der Waals surface area contributed by atoms with E-state index in [0.29, 0.717) is 54.7 Å². The smallest absolute Gasteiger partial charge is 0.408 e. The van der Waals surface area contributed by atoms with Gasteiger partial charge in [-0.25, -0.2) is 19.2 Å². The number of alkyl carbamates (subject to hydrolysis) is 2. The lowest BCUT2D eigenvalue weighted by molar-refractivity contribution is -0.183. The van der Waals surface area contributed by atoms with Gasteiger partial charge in [0.2, 0.25) is 0 Å². The quantitative estimate of drug-likeness (QED) is 0.0685. The van der Waals surface area contributed by atoms with Crippen LogP contribution in [0.15, 0.2) is 109 Å². The maximum absolute atomic E-state index is 14.1. The lowest BCUT2D eigenvalue weighted by atomic mass is 9.44. The van der Waals surface area contributed by atoms with Crippen LogP contribution in [0.4, 0.5) is 9.59 Å². The Kier molecular flexibility index (Phi) is 13.5. The molecule has 4 aromatic carbocycles. The standard InChI is InChI=1S/C48H50N2O12/c1-57-41(51)39(49-45(55)59-28-33-9-5-3-6-10-33)22-31-13-17-37(18-14-31)61-43(53)47-24-35-21-36(25-47)27-48(26-35,30-47)44(54)62-38-19-15-32(16-20-38)23-40(42(52)58-2)50-46(56)60-29-34-11-7-4-8-12-34/h3-20,35-36,39-40H,21-30H2,1-2H3,(H,49,55)(H,50,56)/t35?,36?,39-,40-,47?,48?/m0/s1. The molecule has 0 aliphatic heterocycles. The number of hydrogen-bond donors (Lipinski definition) is 2. The van der Waals surface area contributed by atoms with E-state index in [2.05, 4.69) is 10.6 Å². The zero-order valence-corrected chi connectivity index (χ0v) is 34.7. The number of esters is 4. The van der Waals surface area contributed by atoms with Crippen LogP contribution in [-0.2, 0) is 64.2 Å². The van der Waals surface area contributed by atoms with Crippen LogP contribution in [0.3, 0.4) is 0 Å². The van der Waals surface area contributed by atoms with E-state index in [1.54, 1.807) is 48.5 Å². The van der Waals surface area contributed by atoms with Crippen LogP contribution in [0.2, 0.25) is 0 Å². The molecule has 4 saturated carbocycles. The molecule has 2 atom stereocenters. The Morgan fingerprint density at radius 2 is 0.903 bits per heavy atom. The van der Waals surface area contributed by atoms with Gasteiger partial charge in [0.15, 0.2) is 0 Å². The summed E-state index contributed by atoms with van der Waals surface area (Å²) in [4.78, 5) is 78.3.